The van der Waals surface area contributed by atoms with Crippen molar-refractivity contribution in [2.75, 3.05) is 14.2 Å². The lowest BCUT2D eigenvalue weighted by Gasteiger charge is -2.15. The van der Waals surface area contributed by atoms with Crippen molar-refractivity contribution in [3.05, 3.63) is 94.6 Å². The normalized spacial score (nSPS) is 11.9. The fourth-order valence-electron chi connectivity index (χ4n) is 3.57. The van der Waals surface area contributed by atoms with Crippen molar-refractivity contribution < 1.29 is 29.1 Å². The predicted octanol–water partition coefficient (Wildman–Crippen LogP) is 4.66. The van der Waals surface area contributed by atoms with Crippen LogP contribution in [0.15, 0.2) is 72.3 Å². The first-order valence-electron chi connectivity index (χ1n) is 9.75. The number of aliphatic carboxylic acids is 1. The third-order valence-electron chi connectivity index (χ3n) is 5.19. The van der Waals surface area contributed by atoms with E-state index in [4.69, 9.17) is 19.2 Å². The molecule has 4 rings (SSSR count). The predicted molar refractivity (Wildman–Crippen MR) is 115 cm³/mol. The molecule has 0 amide bonds. The van der Waals surface area contributed by atoms with E-state index in [2.05, 4.69) is 0 Å². The molecule has 0 saturated carbocycles. The summed E-state index contributed by atoms with van der Waals surface area (Å²) in [5, 5.41) is 10.2. The van der Waals surface area contributed by atoms with Gasteiger partial charge in [0.2, 0.25) is 0 Å². The number of rotatable bonds is 7. The minimum atomic E-state index is -0.987. The van der Waals surface area contributed by atoms with Gasteiger partial charge < -0.3 is 19.5 Å². The Morgan fingerprint density at radius 2 is 1.48 bits per heavy atom. The Morgan fingerprint density at radius 1 is 0.903 bits per heavy atom. The maximum atomic E-state index is 12.4. The van der Waals surface area contributed by atoms with Gasteiger partial charge in [0.25, 0.3) is 0 Å². The molecule has 0 aliphatic carbocycles. The van der Waals surface area contributed by atoms with Crippen molar-refractivity contribution in [2.24, 2.45) is 0 Å². The van der Waals surface area contributed by atoms with Gasteiger partial charge in [-0.25, -0.2) is 4.79 Å². The number of fused-ring (bicyclic) bond motifs is 1. The van der Waals surface area contributed by atoms with Gasteiger partial charge in [0.15, 0.2) is 5.75 Å². The molecule has 158 valence electrons. The summed E-state index contributed by atoms with van der Waals surface area (Å²) in [6.45, 7) is 0.389. The van der Waals surface area contributed by atoms with Crippen LogP contribution >= 0.6 is 0 Å². The average molecular weight is 418 g/mol. The number of carboxylic acid groups (broad SMARTS) is 1. The van der Waals surface area contributed by atoms with Crippen LogP contribution in [0.25, 0.3) is 5.57 Å². The van der Waals surface area contributed by atoms with Crippen LogP contribution in [0, 0.1) is 0 Å². The zero-order chi connectivity index (χ0) is 21.8. The van der Waals surface area contributed by atoms with Crippen LogP contribution in [-0.2, 0) is 22.7 Å². The third-order valence-corrected chi connectivity index (χ3v) is 5.19. The highest BCUT2D eigenvalue weighted by Crippen LogP contribution is 2.33. The van der Waals surface area contributed by atoms with Gasteiger partial charge in [0.05, 0.1) is 14.2 Å². The van der Waals surface area contributed by atoms with Crippen molar-refractivity contribution >= 4 is 11.5 Å². The number of hydrogen-bond acceptors (Lipinski definition) is 5. The number of carbonyl (C=O) groups is 1. The molecule has 6 heteroatoms. The molecule has 0 unspecified atom stereocenters. The molecule has 0 radical (unpaired) electrons. The molecule has 0 saturated heterocycles. The molecular weight excluding hydrogens is 396 g/mol. The van der Waals surface area contributed by atoms with Crippen LogP contribution in [0.5, 0.6) is 17.2 Å². The molecular formula is C25H22O6. The molecule has 0 bridgehead atoms. The summed E-state index contributed by atoms with van der Waals surface area (Å²) in [6.07, 6.45) is 0.222. The summed E-state index contributed by atoms with van der Waals surface area (Å²) in [5.74, 6) is 1.04. The summed E-state index contributed by atoms with van der Waals surface area (Å²) in [7, 11) is 3.19. The SMILES string of the molecule is COc1ccc(C(=C(Cc2ccc3c(c2)OOC3)C(=O)O)c2ccc(OC)cc2)cc1. The molecule has 0 fully saturated rings. The Labute approximate surface area is 180 Å². The van der Waals surface area contributed by atoms with Gasteiger partial charge >= 0.3 is 5.97 Å². The van der Waals surface area contributed by atoms with Gasteiger partial charge in [-0.1, -0.05) is 36.4 Å². The zero-order valence-electron chi connectivity index (χ0n) is 17.3. The topological polar surface area (TPSA) is 74.2 Å². The summed E-state index contributed by atoms with van der Waals surface area (Å²) in [5.41, 5.74) is 4.23. The largest absolute Gasteiger partial charge is 0.497 e. The van der Waals surface area contributed by atoms with E-state index in [0.717, 1.165) is 22.3 Å². The first-order chi connectivity index (χ1) is 15.1. The molecule has 1 aliphatic heterocycles. The van der Waals surface area contributed by atoms with Crippen molar-refractivity contribution in [2.45, 2.75) is 13.0 Å². The first-order valence-corrected chi connectivity index (χ1v) is 9.75. The fourth-order valence-corrected chi connectivity index (χ4v) is 3.57. The van der Waals surface area contributed by atoms with E-state index in [1.807, 2.05) is 66.7 Å². The monoisotopic (exact) mass is 418 g/mol. The van der Waals surface area contributed by atoms with Crippen LogP contribution in [0.1, 0.15) is 22.3 Å². The summed E-state index contributed by atoms with van der Waals surface area (Å²) >= 11 is 0. The highest BCUT2D eigenvalue weighted by atomic mass is 17.2. The fraction of sp³-hybridized carbons (Fsp3) is 0.160. The molecule has 0 spiro atoms. The third kappa shape index (κ3) is 4.39. The Balaban J connectivity index is 1.84. The number of hydrogen-bond donors (Lipinski definition) is 1. The number of carboxylic acids is 1. The molecule has 1 heterocycles. The van der Waals surface area contributed by atoms with Crippen LogP contribution in [0.2, 0.25) is 0 Å². The highest BCUT2D eigenvalue weighted by Gasteiger charge is 2.21. The summed E-state index contributed by atoms with van der Waals surface area (Å²) in [4.78, 5) is 22.6. The molecule has 0 aromatic heterocycles. The lowest BCUT2D eigenvalue weighted by Crippen LogP contribution is -2.09. The van der Waals surface area contributed by atoms with Gasteiger partial charge in [0.1, 0.15) is 18.1 Å². The molecule has 0 atom stereocenters. The van der Waals surface area contributed by atoms with E-state index in [1.54, 1.807) is 14.2 Å². The zero-order valence-corrected chi connectivity index (χ0v) is 17.3. The average Bonchev–Trinajstić information content (AvgIpc) is 3.27. The van der Waals surface area contributed by atoms with Crippen molar-refractivity contribution in [1.29, 1.82) is 0 Å². The van der Waals surface area contributed by atoms with Crippen LogP contribution < -0.4 is 14.4 Å². The second kappa shape index (κ2) is 8.93. The van der Waals surface area contributed by atoms with E-state index in [1.165, 1.54) is 0 Å². The molecule has 31 heavy (non-hydrogen) atoms. The van der Waals surface area contributed by atoms with E-state index >= 15 is 0 Å². The van der Waals surface area contributed by atoms with Gasteiger partial charge in [0, 0.05) is 17.6 Å². The smallest absolute Gasteiger partial charge is 0.332 e. The van der Waals surface area contributed by atoms with E-state index in [-0.39, 0.29) is 12.0 Å². The number of methoxy groups -OCH3 is 2. The molecule has 6 nitrogen and oxygen atoms in total. The second-order valence-corrected chi connectivity index (χ2v) is 7.08. The Hall–Kier alpha value is -3.77. The minimum absolute atomic E-state index is 0.222. The lowest BCUT2D eigenvalue weighted by molar-refractivity contribution is -0.194. The maximum absolute atomic E-state index is 12.4. The maximum Gasteiger partial charge on any atom is 0.332 e. The molecule has 1 N–H and O–H groups in total. The Kier molecular flexibility index (Phi) is 5.91. The standard InChI is InChI=1S/C25H22O6/c1-28-20-9-5-17(6-10-20)24(18-7-11-21(29-2)12-8-18)22(25(26)27)13-16-3-4-19-15-30-31-23(19)14-16/h3-12,14H,13,15H2,1-2H3,(H,26,27). The molecule has 1 aliphatic rings. The lowest BCUT2D eigenvalue weighted by atomic mass is 9.89. The van der Waals surface area contributed by atoms with Gasteiger partial charge in [-0.2, -0.15) is 4.89 Å². The quantitative estimate of drug-likeness (QED) is 0.444. The Morgan fingerprint density at radius 3 is 2.00 bits per heavy atom. The van der Waals surface area contributed by atoms with Crippen molar-refractivity contribution in [3.8, 4) is 17.2 Å². The summed E-state index contributed by atoms with van der Waals surface area (Å²) in [6, 6.07) is 20.3. The van der Waals surface area contributed by atoms with Crippen molar-refractivity contribution in [1.82, 2.24) is 0 Å². The second-order valence-electron chi connectivity index (χ2n) is 7.08. The van der Waals surface area contributed by atoms with Gasteiger partial charge in [-0.3, -0.25) is 0 Å². The Bertz CT molecular complexity index is 1060. The molecule has 3 aromatic rings. The first kappa shape index (κ1) is 20.5. The van der Waals surface area contributed by atoms with Gasteiger partial charge in [-0.15, -0.1) is 0 Å². The number of ether oxygens (including phenoxy) is 2. The summed E-state index contributed by atoms with van der Waals surface area (Å²) < 4.78 is 10.5. The molecule has 3 aromatic carbocycles. The van der Waals surface area contributed by atoms with Crippen LogP contribution in [0.3, 0.4) is 0 Å². The number of benzene rings is 3. The van der Waals surface area contributed by atoms with E-state index < -0.39 is 5.97 Å². The van der Waals surface area contributed by atoms with E-state index in [0.29, 0.717) is 29.4 Å². The van der Waals surface area contributed by atoms with Crippen LogP contribution in [-0.4, -0.2) is 25.3 Å². The van der Waals surface area contributed by atoms with Gasteiger partial charge in [-0.05, 0) is 52.6 Å². The highest BCUT2D eigenvalue weighted by molar-refractivity contribution is 6.01. The van der Waals surface area contributed by atoms with Crippen molar-refractivity contribution in [3.63, 3.8) is 0 Å². The van der Waals surface area contributed by atoms with E-state index in [9.17, 15) is 9.90 Å². The minimum Gasteiger partial charge on any atom is -0.497 e. The van der Waals surface area contributed by atoms with Crippen LogP contribution in [0.4, 0.5) is 0 Å².